The number of ether oxygens (including phenoxy) is 1. The Morgan fingerprint density at radius 2 is 2.43 bits per heavy atom. The predicted molar refractivity (Wildman–Crippen MR) is 65.2 cm³/mol. The minimum atomic E-state index is 0.414. The van der Waals surface area contributed by atoms with Crippen molar-refractivity contribution >= 4 is 27.3 Å². The number of methoxy groups -OCH3 is 1. The van der Waals surface area contributed by atoms with Crippen LogP contribution in [0, 0.1) is 0 Å². The molecule has 1 aromatic heterocycles. The molecule has 0 saturated carbocycles. The summed E-state index contributed by atoms with van der Waals surface area (Å²) in [6.07, 6.45) is 0. The van der Waals surface area contributed by atoms with Gasteiger partial charge in [-0.2, -0.15) is 0 Å². The van der Waals surface area contributed by atoms with Crippen LogP contribution in [0.4, 0.5) is 0 Å². The van der Waals surface area contributed by atoms with Crippen LogP contribution >= 0.6 is 27.3 Å². The zero-order chi connectivity index (χ0) is 10.4. The van der Waals surface area contributed by atoms with E-state index in [-0.39, 0.29) is 0 Å². The first-order chi connectivity index (χ1) is 6.72. The summed E-state index contributed by atoms with van der Waals surface area (Å²) >= 11 is 5.38. The van der Waals surface area contributed by atoms with Crippen LogP contribution < -0.4 is 0 Å². The Kier molecular flexibility index (Phi) is 5.70. The predicted octanol–water partition coefficient (Wildman–Crippen LogP) is 2.59. The molecule has 0 bridgehead atoms. The van der Waals surface area contributed by atoms with Gasteiger partial charge in [-0.3, -0.25) is 0 Å². The summed E-state index contributed by atoms with van der Waals surface area (Å²) in [6, 6.07) is 4.26. The fraction of sp³-hybridized carbons (Fsp3) is 0.600. The highest BCUT2D eigenvalue weighted by atomic mass is 79.9. The van der Waals surface area contributed by atoms with Crippen molar-refractivity contribution < 1.29 is 4.74 Å². The van der Waals surface area contributed by atoms with Gasteiger partial charge in [0, 0.05) is 25.1 Å². The fourth-order valence-electron chi connectivity index (χ4n) is 1.30. The van der Waals surface area contributed by atoms with Gasteiger partial charge in [-0.15, -0.1) is 11.3 Å². The molecular weight excluding hydrogens is 262 g/mol. The first kappa shape index (κ1) is 12.2. The van der Waals surface area contributed by atoms with Crippen molar-refractivity contribution in [2.45, 2.75) is 11.4 Å². The van der Waals surface area contributed by atoms with Crippen LogP contribution in [0.2, 0.25) is 0 Å². The zero-order valence-corrected chi connectivity index (χ0v) is 11.0. The molecule has 1 heterocycles. The maximum absolute atomic E-state index is 5.07. The number of halogens is 1. The van der Waals surface area contributed by atoms with Crippen molar-refractivity contribution in [1.82, 2.24) is 4.90 Å². The van der Waals surface area contributed by atoms with Crippen molar-refractivity contribution in [3.05, 3.63) is 22.4 Å². The monoisotopic (exact) mass is 277 g/mol. The molecule has 0 aliphatic heterocycles. The number of hydrogen-bond donors (Lipinski definition) is 0. The van der Waals surface area contributed by atoms with E-state index in [1.54, 1.807) is 18.4 Å². The van der Waals surface area contributed by atoms with Gasteiger partial charge in [0.1, 0.15) is 0 Å². The van der Waals surface area contributed by atoms with Crippen LogP contribution in [0.15, 0.2) is 17.5 Å². The van der Waals surface area contributed by atoms with Crippen LogP contribution in [-0.4, -0.2) is 37.0 Å². The van der Waals surface area contributed by atoms with E-state index < -0.39 is 0 Å². The van der Waals surface area contributed by atoms with Crippen LogP contribution in [0.3, 0.4) is 0 Å². The summed E-state index contributed by atoms with van der Waals surface area (Å²) in [6.45, 7) is 2.78. The molecule has 0 spiro atoms. The summed E-state index contributed by atoms with van der Waals surface area (Å²) in [4.78, 5) is 4.12. The number of nitrogens with zero attached hydrogens (tertiary/aromatic N) is 1. The van der Waals surface area contributed by atoms with Crippen LogP contribution in [-0.2, 0) is 11.3 Å². The van der Waals surface area contributed by atoms with Gasteiger partial charge in [-0.05, 0) is 18.5 Å². The highest BCUT2D eigenvalue weighted by molar-refractivity contribution is 9.09. The first-order valence-electron chi connectivity index (χ1n) is 4.56. The molecule has 0 amide bonds. The molecule has 1 atom stereocenters. The van der Waals surface area contributed by atoms with Crippen molar-refractivity contribution in [1.29, 1.82) is 0 Å². The van der Waals surface area contributed by atoms with E-state index in [1.807, 2.05) is 0 Å². The molecule has 4 heteroatoms. The quantitative estimate of drug-likeness (QED) is 0.742. The second-order valence-electron chi connectivity index (χ2n) is 3.33. The smallest absolute Gasteiger partial charge is 0.0600 e. The molecule has 0 aromatic carbocycles. The van der Waals surface area contributed by atoms with Gasteiger partial charge in [0.25, 0.3) is 0 Å². The molecule has 0 aliphatic rings. The zero-order valence-electron chi connectivity index (χ0n) is 8.57. The maximum Gasteiger partial charge on any atom is 0.0600 e. The molecule has 2 nitrogen and oxygen atoms in total. The third-order valence-corrected chi connectivity index (χ3v) is 3.28. The lowest BCUT2D eigenvalue weighted by molar-refractivity contribution is 0.185. The Morgan fingerprint density at radius 3 is 3.00 bits per heavy atom. The number of thiophene rings is 1. The fourth-order valence-corrected chi connectivity index (χ4v) is 2.85. The maximum atomic E-state index is 5.07. The average Bonchev–Trinajstić information content (AvgIpc) is 2.56. The van der Waals surface area contributed by atoms with Crippen molar-refractivity contribution in [3.63, 3.8) is 0 Å². The number of alkyl halides is 1. The number of rotatable bonds is 6. The largest absolute Gasteiger partial charge is 0.383 e. The Bertz CT molecular complexity index is 240. The molecule has 1 rings (SSSR count). The summed E-state index contributed by atoms with van der Waals surface area (Å²) < 4.78 is 5.07. The van der Waals surface area contributed by atoms with E-state index in [0.717, 1.165) is 19.7 Å². The number of hydrogen-bond acceptors (Lipinski definition) is 3. The molecule has 0 saturated heterocycles. The van der Waals surface area contributed by atoms with Crippen LogP contribution in [0.25, 0.3) is 0 Å². The van der Waals surface area contributed by atoms with Gasteiger partial charge in [-0.25, -0.2) is 0 Å². The van der Waals surface area contributed by atoms with E-state index in [9.17, 15) is 0 Å². The normalized spacial score (nSPS) is 13.4. The average molecular weight is 278 g/mol. The van der Waals surface area contributed by atoms with Gasteiger partial charge < -0.3 is 9.64 Å². The van der Waals surface area contributed by atoms with Gasteiger partial charge in [0.05, 0.1) is 11.4 Å². The van der Waals surface area contributed by atoms with E-state index in [4.69, 9.17) is 4.74 Å². The third kappa shape index (κ3) is 4.55. The lowest BCUT2D eigenvalue weighted by atomic mass is 10.4. The van der Waals surface area contributed by atoms with E-state index in [2.05, 4.69) is 45.4 Å². The Labute approximate surface area is 98.0 Å². The summed E-state index contributed by atoms with van der Waals surface area (Å²) in [5.74, 6) is 0. The molecule has 0 aliphatic carbocycles. The lowest BCUT2D eigenvalue weighted by Crippen LogP contribution is -2.27. The highest BCUT2D eigenvalue weighted by Gasteiger charge is 2.08. The topological polar surface area (TPSA) is 12.5 Å². The van der Waals surface area contributed by atoms with Gasteiger partial charge >= 0.3 is 0 Å². The van der Waals surface area contributed by atoms with Crippen molar-refractivity contribution in [2.75, 3.05) is 27.3 Å². The van der Waals surface area contributed by atoms with Crippen LogP contribution in [0.1, 0.15) is 4.88 Å². The Hall–Kier alpha value is 0.100. The van der Waals surface area contributed by atoms with E-state index in [0.29, 0.717) is 4.83 Å². The Balaban J connectivity index is 2.25. The highest BCUT2D eigenvalue weighted by Crippen LogP contribution is 2.12. The van der Waals surface area contributed by atoms with Crippen molar-refractivity contribution in [3.8, 4) is 0 Å². The molecule has 14 heavy (non-hydrogen) atoms. The van der Waals surface area contributed by atoms with Gasteiger partial charge in [-0.1, -0.05) is 22.0 Å². The standard InChI is InChI=1S/C10H16BrNOS/c1-12(6-9(11)8-13-2)7-10-4-3-5-14-10/h3-5,9H,6-8H2,1-2H3. The molecular formula is C10H16BrNOS. The van der Waals surface area contributed by atoms with Gasteiger partial charge in [0.15, 0.2) is 0 Å². The van der Waals surface area contributed by atoms with Crippen LogP contribution in [0.5, 0.6) is 0 Å². The van der Waals surface area contributed by atoms with Gasteiger partial charge in [0.2, 0.25) is 0 Å². The molecule has 1 aromatic rings. The first-order valence-corrected chi connectivity index (χ1v) is 6.36. The molecule has 1 unspecified atom stereocenters. The second kappa shape index (κ2) is 6.56. The second-order valence-corrected chi connectivity index (χ2v) is 5.66. The SMILES string of the molecule is COCC(Br)CN(C)Cc1cccs1. The van der Waals surface area contributed by atoms with E-state index >= 15 is 0 Å². The summed E-state index contributed by atoms with van der Waals surface area (Å²) in [5, 5.41) is 2.12. The summed E-state index contributed by atoms with van der Waals surface area (Å²) in [5.41, 5.74) is 0. The lowest BCUT2D eigenvalue weighted by Gasteiger charge is -2.18. The van der Waals surface area contributed by atoms with Crippen molar-refractivity contribution in [2.24, 2.45) is 0 Å². The summed E-state index contributed by atoms with van der Waals surface area (Å²) in [7, 11) is 3.86. The third-order valence-electron chi connectivity index (χ3n) is 1.86. The molecule has 0 N–H and O–H groups in total. The minimum Gasteiger partial charge on any atom is -0.383 e. The Morgan fingerprint density at radius 1 is 1.64 bits per heavy atom. The van der Waals surface area contributed by atoms with E-state index in [1.165, 1.54) is 4.88 Å². The molecule has 80 valence electrons. The minimum absolute atomic E-state index is 0.414. The molecule has 0 radical (unpaired) electrons. The molecule has 0 fully saturated rings.